The van der Waals surface area contributed by atoms with Crippen LogP contribution in [0.25, 0.3) is 77.6 Å². The molecule has 47 heavy (non-hydrogen) atoms. The number of pyridine rings is 1. The van der Waals surface area contributed by atoms with Gasteiger partial charge in [0.25, 0.3) is 0 Å². The minimum atomic E-state index is -4.50. The number of fused-ring (bicyclic) bond motifs is 5. The van der Waals surface area contributed by atoms with Crippen LogP contribution in [0.15, 0.2) is 140 Å². The van der Waals surface area contributed by atoms with Gasteiger partial charge in [-0.05, 0) is 47.9 Å². The molecule has 0 N–H and O–H groups in total. The van der Waals surface area contributed by atoms with Gasteiger partial charge in [0.2, 0.25) is 0 Å². The number of aryl methyl sites for hydroxylation is 1. The summed E-state index contributed by atoms with van der Waals surface area (Å²) >= 11 is 0. The summed E-state index contributed by atoms with van der Waals surface area (Å²) in [5, 5.41) is 2.34. The predicted octanol–water partition coefficient (Wildman–Crippen LogP) is 11.3. The summed E-state index contributed by atoms with van der Waals surface area (Å²) in [6, 6.07) is 43.5. The van der Waals surface area contributed by atoms with Crippen LogP contribution in [0, 0.1) is 6.92 Å². The van der Waals surface area contributed by atoms with Crippen molar-refractivity contribution in [2.75, 3.05) is 0 Å². The number of hydrogen-bond donors (Lipinski definition) is 0. The maximum absolute atomic E-state index is 14.2. The number of nitrogens with zero attached hydrogens (tertiary/aromatic N) is 3. The van der Waals surface area contributed by atoms with Crippen molar-refractivity contribution in [1.29, 1.82) is 0 Å². The van der Waals surface area contributed by atoms with E-state index in [0.29, 0.717) is 44.8 Å². The molecule has 226 valence electrons. The second kappa shape index (κ2) is 11.2. The average molecular weight is 618 g/mol. The van der Waals surface area contributed by atoms with Crippen molar-refractivity contribution in [3.05, 3.63) is 151 Å². The molecule has 0 aliphatic carbocycles. The van der Waals surface area contributed by atoms with E-state index in [-0.39, 0.29) is 0 Å². The van der Waals surface area contributed by atoms with Crippen LogP contribution in [-0.2, 0) is 6.18 Å². The summed E-state index contributed by atoms with van der Waals surface area (Å²) in [6.07, 6.45) is -4.50. The topological polar surface area (TPSA) is 38.7 Å². The van der Waals surface area contributed by atoms with Crippen LogP contribution in [0.4, 0.5) is 13.2 Å². The third-order valence-corrected chi connectivity index (χ3v) is 8.46. The molecule has 0 bridgehead atoms. The van der Waals surface area contributed by atoms with E-state index in [9.17, 15) is 13.2 Å². The highest BCUT2D eigenvalue weighted by molar-refractivity contribution is 6.25. The first-order valence-corrected chi connectivity index (χ1v) is 15.3. The van der Waals surface area contributed by atoms with Crippen molar-refractivity contribution in [2.45, 2.75) is 13.1 Å². The third-order valence-electron chi connectivity index (χ3n) is 8.46. The molecule has 0 saturated carbocycles. The van der Waals surface area contributed by atoms with E-state index in [2.05, 4.69) is 0 Å². The zero-order valence-corrected chi connectivity index (χ0v) is 25.3. The number of benzene rings is 6. The van der Waals surface area contributed by atoms with Crippen LogP contribution in [-0.4, -0.2) is 15.0 Å². The molecule has 0 aliphatic heterocycles. The molecule has 3 nitrogen and oxygen atoms in total. The molecular formula is C41H26F3N3. The quantitative estimate of drug-likeness (QED) is 0.184. The van der Waals surface area contributed by atoms with Gasteiger partial charge in [0, 0.05) is 32.8 Å². The molecule has 8 aromatic rings. The number of hydrogen-bond acceptors (Lipinski definition) is 3. The van der Waals surface area contributed by atoms with Gasteiger partial charge in [-0.15, -0.1) is 0 Å². The first kappa shape index (κ1) is 28.6. The van der Waals surface area contributed by atoms with Crippen LogP contribution < -0.4 is 0 Å². The van der Waals surface area contributed by atoms with Gasteiger partial charge >= 0.3 is 6.18 Å². The standard InChI is InChI=1S/C41H26F3N3/c1-25-21-29(23-30(22-25)41(42,43)44)32-24-34-40(47-39(28-17-9-4-10-18-28)38(46-34)27-15-7-3-8-16-27)36-35(32)31-19-11-12-20-33(31)45-37(36)26-13-5-2-6-14-26/h2-24H,1H3. The second-order valence-corrected chi connectivity index (χ2v) is 11.6. The lowest BCUT2D eigenvalue weighted by atomic mass is 9.90. The van der Waals surface area contributed by atoms with Crippen molar-refractivity contribution < 1.29 is 13.2 Å². The molecule has 6 aromatic carbocycles. The van der Waals surface area contributed by atoms with E-state index >= 15 is 0 Å². The fourth-order valence-electron chi connectivity index (χ4n) is 6.39. The number of aromatic nitrogens is 3. The number of alkyl halides is 3. The van der Waals surface area contributed by atoms with Crippen LogP contribution in [0.3, 0.4) is 0 Å². The maximum atomic E-state index is 14.2. The summed E-state index contributed by atoms with van der Waals surface area (Å²) in [6.45, 7) is 1.69. The molecule has 0 atom stereocenters. The van der Waals surface area contributed by atoms with E-state index in [1.165, 1.54) is 12.1 Å². The van der Waals surface area contributed by atoms with Crippen molar-refractivity contribution in [3.63, 3.8) is 0 Å². The summed E-state index contributed by atoms with van der Waals surface area (Å²) in [7, 11) is 0. The zero-order chi connectivity index (χ0) is 32.1. The molecule has 2 aromatic heterocycles. The lowest BCUT2D eigenvalue weighted by molar-refractivity contribution is -0.137. The van der Waals surface area contributed by atoms with Crippen molar-refractivity contribution in [3.8, 4) is 44.9 Å². The molecular weight excluding hydrogens is 591 g/mol. The summed E-state index contributed by atoms with van der Waals surface area (Å²) in [4.78, 5) is 15.8. The fraction of sp³-hybridized carbons (Fsp3) is 0.0488. The van der Waals surface area contributed by atoms with Crippen molar-refractivity contribution in [1.82, 2.24) is 15.0 Å². The molecule has 8 rings (SSSR count). The highest BCUT2D eigenvalue weighted by atomic mass is 19.4. The molecule has 6 heteroatoms. The highest BCUT2D eigenvalue weighted by Crippen LogP contribution is 2.44. The van der Waals surface area contributed by atoms with Crippen LogP contribution in [0.1, 0.15) is 11.1 Å². The highest BCUT2D eigenvalue weighted by Gasteiger charge is 2.31. The first-order valence-electron chi connectivity index (χ1n) is 15.3. The van der Waals surface area contributed by atoms with E-state index in [1.807, 2.05) is 121 Å². The Hall–Kier alpha value is -5.88. The molecule has 0 radical (unpaired) electrons. The Labute approximate surface area is 269 Å². The Morgan fingerprint density at radius 3 is 1.62 bits per heavy atom. The largest absolute Gasteiger partial charge is 0.416 e. The Bertz CT molecular complexity index is 2440. The second-order valence-electron chi connectivity index (χ2n) is 11.6. The fourth-order valence-corrected chi connectivity index (χ4v) is 6.39. The van der Waals surface area contributed by atoms with Gasteiger partial charge in [0.05, 0.1) is 39.2 Å². The summed E-state index contributed by atoms with van der Waals surface area (Å²) < 4.78 is 42.5. The van der Waals surface area contributed by atoms with Gasteiger partial charge in [0.15, 0.2) is 0 Å². The van der Waals surface area contributed by atoms with Gasteiger partial charge in [0.1, 0.15) is 0 Å². The smallest absolute Gasteiger partial charge is 0.247 e. The molecule has 0 fully saturated rings. The minimum absolute atomic E-state index is 0.454. The van der Waals surface area contributed by atoms with Gasteiger partial charge in [-0.2, -0.15) is 13.2 Å². The zero-order valence-electron chi connectivity index (χ0n) is 25.3. The van der Waals surface area contributed by atoms with Crippen molar-refractivity contribution >= 4 is 32.7 Å². The normalized spacial score (nSPS) is 11.8. The molecule has 0 unspecified atom stereocenters. The van der Waals surface area contributed by atoms with Crippen molar-refractivity contribution in [2.24, 2.45) is 0 Å². The van der Waals surface area contributed by atoms with Crippen LogP contribution in [0.2, 0.25) is 0 Å². The lowest BCUT2D eigenvalue weighted by Crippen LogP contribution is -2.05. The average Bonchev–Trinajstić information content (AvgIpc) is 3.10. The summed E-state index contributed by atoms with van der Waals surface area (Å²) in [5.41, 5.74) is 7.58. The Balaban J connectivity index is 1.61. The first-order chi connectivity index (χ1) is 22.8. The molecule has 0 amide bonds. The van der Waals surface area contributed by atoms with E-state index in [0.717, 1.165) is 38.4 Å². The predicted molar refractivity (Wildman–Crippen MR) is 184 cm³/mol. The number of halogens is 3. The van der Waals surface area contributed by atoms with E-state index in [4.69, 9.17) is 15.0 Å². The third kappa shape index (κ3) is 5.08. The molecule has 0 spiro atoms. The number of para-hydroxylation sites is 1. The monoisotopic (exact) mass is 617 g/mol. The van der Waals surface area contributed by atoms with Gasteiger partial charge in [-0.3, -0.25) is 0 Å². The molecule has 0 saturated heterocycles. The van der Waals surface area contributed by atoms with Crippen LogP contribution in [0.5, 0.6) is 0 Å². The maximum Gasteiger partial charge on any atom is 0.416 e. The van der Waals surface area contributed by atoms with Gasteiger partial charge < -0.3 is 0 Å². The van der Waals surface area contributed by atoms with Gasteiger partial charge in [-0.1, -0.05) is 115 Å². The van der Waals surface area contributed by atoms with E-state index < -0.39 is 11.7 Å². The lowest BCUT2D eigenvalue weighted by Gasteiger charge is -2.19. The van der Waals surface area contributed by atoms with Crippen LogP contribution >= 0.6 is 0 Å². The van der Waals surface area contributed by atoms with Gasteiger partial charge in [-0.25, -0.2) is 15.0 Å². The number of rotatable bonds is 4. The summed E-state index contributed by atoms with van der Waals surface area (Å²) in [5.74, 6) is 0. The minimum Gasteiger partial charge on any atom is -0.247 e. The Morgan fingerprint density at radius 2 is 1.00 bits per heavy atom. The SMILES string of the molecule is Cc1cc(-c2cc3nc(-c4ccccc4)c(-c4ccccc4)nc3c3c(-c4ccccc4)nc4ccccc4c23)cc(C(F)(F)F)c1. The molecule has 2 heterocycles. The van der Waals surface area contributed by atoms with E-state index in [1.54, 1.807) is 13.0 Å². The Kier molecular flexibility index (Phi) is 6.80. The molecule has 0 aliphatic rings. The Morgan fingerprint density at radius 1 is 0.468 bits per heavy atom.